The van der Waals surface area contributed by atoms with E-state index in [2.05, 4.69) is 27.3 Å². The molecule has 8 heavy (non-hydrogen) atoms. The molecule has 1 saturated heterocycles. The van der Waals surface area contributed by atoms with Crippen molar-refractivity contribution in [3.63, 3.8) is 0 Å². The SMILES string of the molecule is CC1[N](C)[Sn]([Cl])[N]1C. The van der Waals surface area contributed by atoms with Crippen LogP contribution in [-0.4, -0.2) is 45.7 Å². The van der Waals surface area contributed by atoms with Crippen LogP contribution < -0.4 is 0 Å². The number of rotatable bonds is 0. The van der Waals surface area contributed by atoms with Crippen molar-refractivity contribution in [2.45, 2.75) is 13.1 Å². The van der Waals surface area contributed by atoms with Crippen molar-refractivity contribution >= 4 is 28.1 Å². The van der Waals surface area contributed by atoms with Crippen LogP contribution in [0.1, 0.15) is 6.92 Å². The minimum atomic E-state index is -1.57. The van der Waals surface area contributed by atoms with Crippen LogP contribution in [0.5, 0.6) is 0 Å². The first kappa shape index (κ1) is 7.12. The quantitative estimate of drug-likeness (QED) is 0.567. The van der Waals surface area contributed by atoms with Gasteiger partial charge in [-0.25, -0.2) is 0 Å². The van der Waals surface area contributed by atoms with Gasteiger partial charge in [-0.1, -0.05) is 0 Å². The van der Waals surface area contributed by atoms with Crippen LogP contribution in [0.4, 0.5) is 0 Å². The summed E-state index contributed by atoms with van der Waals surface area (Å²) in [6.07, 6.45) is 0.599. The van der Waals surface area contributed by atoms with Gasteiger partial charge in [0.15, 0.2) is 0 Å². The van der Waals surface area contributed by atoms with Gasteiger partial charge in [0.05, 0.1) is 0 Å². The van der Waals surface area contributed by atoms with E-state index in [0.717, 1.165) is 0 Å². The second kappa shape index (κ2) is 2.32. The third kappa shape index (κ3) is 0.875. The number of hydrogen-bond acceptors (Lipinski definition) is 2. The van der Waals surface area contributed by atoms with E-state index in [1.54, 1.807) is 0 Å². The van der Waals surface area contributed by atoms with E-state index in [0.29, 0.717) is 6.17 Å². The zero-order valence-electron chi connectivity index (χ0n) is 5.35. The Labute approximate surface area is 61.6 Å². The van der Waals surface area contributed by atoms with Crippen molar-refractivity contribution < 1.29 is 0 Å². The summed E-state index contributed by atoms with van der Waals surface area (Å²) >= 11 is -1.57. The molecule has 0 amide bonds. The summed E-state index contributed by atoms with van der Waals surface area (Å²) in [6, 6.07) is 0. The van der Waals surface area contributed by atoms with E-state index in [1.807, 2.05) is 0 Å². The number of halogens is 1. The zero-order chi connectivity index (χ0) is 6.31. The summed E-state index contributed by atoms with van der Waals surface area (Å²) in [5, 5.41) is 0. The topological polar surface area (TPSA) is 6.48 Å². The van der Waals surface area contributed by atoms with Crippen molar-refractivity contribution in [2.24, 2.45) is 0 Å². The van der Waals surface area contributed by atoms with Crippen molar-refractivity contribution in [3.05, 3.63) is 0 Å². The van der Waals surface area contributed by atoms with Crippen molar-refractivity contribution in [1.82, 2.24) is 6.24 Å². The summed E-state index contributed by atoms with van der Waals surface area (Å²) in [6.45, 7) is 2.17. The Morgan fingerprint density at radius 3 is 1.88 bits per heavy atom. The Bertz CT molecular complexity index is 68.0. The Morgan fingerprint density at radius 1 is 1.38 bits per heavy atom. The van der Waals surface area contributed by atoms with Gasteiger partial charge in [-0.3, -0.25) is 0 Å². The van der Waals surface area contributed by atoms with Crippen molar-refractivity contribution in [3.8, 4) is 0 Å². The monoisotopic (exact) mass is 241 g/mol. The summed E-state index contributed by atoms with van der Waals surface area (Å²) < 4.78 is 4.59. The summed E-state index contributed by atoms with van der Waals surface area (Å²) in [5.74, 6) is 0. The third-order valence-electron chi connectivity index (χ3n) is 1.70. The van der Waals surface area contributed by atoms with E-state index in [1.165, 1.54) is 0 Å². The minimum absolute atomic E-state index is 0.599. The molecule has 0 unspecified atom stereocenters. The van der Waals surface area contributed by atoms with Crippen molar-refractivity contribution in [2.75, 3.05) is 14.1 Å². The van der Waals surface area contributed by atoms with Crippen LogP contribution in [-0.2, 0) is 0 Å². The summed E-state index contributed by atoms with van der Waals surface area (Å²) in [7, 11) is 10.2. The van der Waals surface area contributed by atoms with Crippen LogP contribution in [0.25, 0.3) is 0 Å². The van der Waals surface area contributed by atoms with E-state index < -0.39 is 19.2 Å². The van der Waals surface area contributed by atoms with Gasteiger partial charge in [-0.2, -0.15) is 0 Å². The number of nitrogens with zero attached hydrogens (tertiary/aromatic N) is 2. The van der Waals surface area contributed by atoms with Gasteiger partial charge in [0.2, 0.25) is 0 Å². The van der Waals surface area contributed by atoms with Crippen LogP contribution in [0.3, 0.4) is 0 Å². The molecule has 0 spiro atoms. The molecule has 0 N–H and O–H groups in total. The average Bonchev–Trinajstić information content (AvgIpc) is 1.83. The zero-order valence-corrected chi connectivity index (χ0v) is 8.96. The Kier molecular flexibility index (Phi) is 2.07. The molecule has 0 saturated carbocycles. The van der Waals surface area contributed by atoms with E-state index >= 15 is 0 Å². The van der Waals surface area contributed by atoms with Crippen LogP contribution in [0, 0.1) is 0 Å². The maximum absolute atomic E-state index is 5.99. The summed E-state index contributed by atoms with van der Waals surface area (Å²) in [4.78, 5) is 0. The normalized spacial score (nSPS) is 28.5. The molecule has 0 aromatic rings. The van der Waals surface area contributed by atoms with E-state index in [9.17, 15) is 0 Å². The van der Waals surface area contributed by atoms with Crippen LogP contribution >= 0.6 is 8.92 Å². The fourth-order valence-electron chi connectivity index (χ4n) is 0.761. The summed E-state index contributed by atoms with van der Waals surface area (Å²) in [5.41, 5.74) is 0. The molecule has 1 fully saturated rings. The van der Waals surface area contributed by atoms with Gasteiger partial charge in [0.1, 0.15) is 0 Å². The van der Waals surface area contributed by atoms with Gasteiger partial charge in [0, 0.05) is 0 Å². The van der Waals surface area contributed by atoms with Crippen molar-refractivity contribution in [1.29, 1.82) is 0 Å². The number of hydrogen-bond donors (Lipinski definition) is 0. The Balaban J connectivity index is 2.42. The molecular weight excluding hydrogens is 230 g/mol. The molecule has 47 valence electrons. The second-order valence-corrected chi connectivity index (χ2v) is 9.95. The molecule has 2 nitrogen and oxygen atoms in total. The second-order valence-electron chi connectivity index (χ2n) is 2.12. The first-order valence-corrected chi connectivity index (χ1v) is 8.79. The first-order chi connectivity index (χ1) is 3.64. The molecule has 4 heteroatoms. The van der Waals surface area contributed by atoms with Crippen LogP contribution in [0.15, 0.2) is 0 Å². The standard InChI is InChI=1S/C4H10N2.ClH.Sn/c1-4(5-2)6-3;;/h4H,1-3H3;1H;/q-2;;+3/p-1. The van der Waals surface area contributed by atoms with Gasteiger partial charge >= 0.3 is 61.5 Å². The van der Waals surface area contributed by atoms with Gasteiger partial charge in [-0.15, -0.1) is 0 Å². The van der Waals surface area contributed by atoms with Gasteiger partial charge in [0.25, 0.3) is 0 Å². The fraction of sp³-hybridized carbons (Fsp3) is 1.00. The Morgan fingerprint density at radius 2 is 1.75 bits per heavy atom. The molecule has 0 aromatic carbocycles. The van der Waals surface area contributed by atoms with Crippen LogP contribution in [0.2, 0.25) is 0 Å². The molecular formula is C4H10ClN2Sn. The Hall–Kier alpha value is 1.01. The predicted octanol–water partition coefficient (Wildman–Crippen LogP) is 0.433. The molecule has 1 aliphatic rings. The predicted molar refractivity (Wildman–Crippen MR) is 36.6 cm³/mol. The fourth-order valence-corrected chi connectivity index (χ4v) is 6.34. The van der Waals surface area contributed by atoms with E-state index in [-0.39, 0.29) is 0 Å². The van der Waals surface area contributed by atoms with E-state index in [4.69, 9.17) is 8.92 Å². The molecule has 1 aliphatic heterocycles. The third-order valence-corrected chi connectivity index (χ3v) is 10.7. The maximum atomic E-state index is 5.99. The molecule has 0 aromatic heterocycles. The molecule has 0 bridgehead atoms. The molecule has 0 aliphatic carbocycles. The molecule has 1 heterocycles. The molecule has 0 atom stereocenters. The first-order valence-electron chi connectivity index (χ1n) is 2.62. The molecule has 1 radical (unpaired) electrons. The average molecular weight is 240 g/mol. The molecule has 1 rings (SSSR count). The van der Waals surface area contributed by atoms with Gasteiger partial charge < -0.3 is 0 Å². The van der Waals surface area contributed by atoms with Gasteiger partial charge in [-0.05, 0) is 0 Å².